The quantitative estimate of drug-likeness (QED) is 0.334. The number of nitrogens with zero attached hydrogens (tertiary/aromatic N) is 1. The van der Waals surface area contributed by atoms with E-state index in [4.69, 9.17) is 10.00 Å². The first kappa shape index (κ1) is 22.3. The number of carbonyl (C=O) groups excluding carboxylic acids is 1. The Kier molecular flexibility index (Phi) is 9.13. The number of ether oxygens (including phenoxy) is 1. The van der Waals surface area contributed by atoms with Gasteiger partial charge in [0.2, 0.25) is 0 Å². The van der Waals surface area contributed by atoms with Crippen LogP contribution in [0.3, 0.4) is 0 Å². The molecule has 3 fully saturated rings. The van der Waals surface area contributed by atoms with Crippen LogP contribution in [0.4, 0.5) is 0 Å². The normalized spacial score (nSPS) is 31.6. The second-order valence-corrected chi connectivity index (χ2v) is 9.12. The van der Waals surface area contributed by atoms with Gasteiger partial charge in [0.25, 0.3) is 0 Å². The van der Waals surface area contributed by atoms with E-state index in [1.807, 2.05) is 13.8 Å². The molecular weight excluding hydrogens is 334 g/mol. The first-order valence-electron chi connectivity index (χ1n) is 11.7. The number of hydrogen-bond acceptors (Lipinski definition) is 3. The van der Waals surface area contributed by atoms with Crippen LogP contribution in [0.25, 0.3) is 0 Å². The van der Waals surface area contributed by atoms with Gasteiger partial charge in [0, 0.05) is 5.92 Å². The molecule has 3 heteroatoms. The standard InChI is InChI=1S/C13H20O2.C11H21N/c1-2-15-12(14)13-7-3-4-11(13)9-5-6-10(13)8-9;1-3-4-5-6-7-8-9-11(2)10-12/h9-11H,2-8H2,1H3;11H,3-9H2,1-2H3. The van der Waals surface area contributed by atoms with E-state index in [-0.39, 0.29) is 17.3 Å². The molecule has 27 heavy (non-hydrogen) atoms. The van der Waals surface area contributed by atoms with E-state index in [0.29, 0.717) is 18.4 Å². The van der Waals surface area contributed by atoms with Crippen molar-refractivity contribution in [1.29, 1.82) is 5.26 Å². The van der Waals surface area contributed by atoms with Gasteiger partial charge >= 0.3 is 5.97 Å². The average molecular weight is 376 g/mol. The van der Waals surface area contributed by atoms with Crippen molar-refractivity contribution in [3.63, 3.8) is 0 Å². The lowest BCUT2D eigenvalue weighted by molar-refractivity contribution is -0.161. The van der Waals surface area contributed by atoms with Gasteiger partial charge in [-0.05, 0) is 70.1 Å². The Morgan fingerprint density at radius 3 is 2.59 bits per heavy atom. The van der Waals surface area contributed by atoms with Gasteiger partial charge in [0.15, 0.2) is 0 Å². The molecule has 0 spiro atoms. The molecule has 0 aliphatic heterocycles. The van der Waals surface area contributed by atoms with E-state index in [1.54, 1.807) is 0 Å². The summed E-state index contributed by atoms with van der Waals surface area (Å²) in [5.41, 5.74) is -0.0288. The summed E-state index contributed by atoms with van der Waals surface area (Å²) in [5.74, 6) is 2.59. The number of rotatable bonds is 9. The predicted molar refractivity (Wildman–Crippen MR) is 110 cm³/mol. The van der Waals surface area contributed by atoms with E-state index in [0.717, 1.165) is 18.8 Å². The van der Waals surface area contributed by atoms with Gasteiger partial charge in [-0.15, -0.1) is 0 Å². The highest BCUT2D eigenvalue weighted by atomic mass is 16.5. The van der Waals surface area contributed by atoms with Gasteiger partial charge in [0.05, 0.1) is 18.1 Å². The highest BCUT2D eigenvalue weighted by molar-refractivity contribution is 5.79. The summed E-state index contributed by atoms with van der Waals surface area (Å²) < 4.78 is 5.34. The number of esters is 1. The Morgan fingerprint density at radius 1 is 1.15 bits per heavy atom. The zero-order valence-electron chi connectivity index (χ0n) is 18.0. The van der Waals surface area contributed by atoms with Gasteiger partial charge in [-0.2, -0.15) is 5.26 Å². The zero-order valence-corrected chi connectivity index (χ0v) is 18.0. The summed E-state index contributed by atoms with van der Waals surface area (Å²) in [6, 6.07) is 2.27. The number of unbranched alkanes of at least 4 members (excludes halogenated alkanes) is 5. The van der Waals surface area contributed by atoms with Crippen LogP contribution < -0.4 is 0 Å². The lowest BCUT2D eigenvalue weighted by atomic mass is 9.68. The van der Waals surface area contributed by atoms with Gasteiger partial charge in [-0.1, -0.05) is 51.9 Å². The van der Waals surface area contributed by atoms with E-state index < -0.39 is 0 Å². The highest BCUT2D eigenvalue weighted by Crippen LogP contribution is 2.66. The SMILES string of the molecule is CCCCCCCCC(C)C#N.CCOC(=O)C12CCCC1C1CCC2C1. The average Bonchev–Trinajstić information content (AvgIpc) is 3.38. The fourth-order valence-electron chi connectivity index (χ4n) is 6.05. The maximum Gasteiger partial charge on any atom is 0.312 e. The van der Waals surface area contributed by atoms with Crippen LogP contribution in [0, 0.1) is 40.4 Å². The highest BCUT2D eigenvalue weighted by Gasteiger charge is 2.64. The Bertz CT molecular complexity index is 497. The van der Waals surface area contributed by atoms with Crippen LogP contribution in [-0.4, -0.2) is 12.6 Å². The monoisotopic (exact) mass is 375 g/mol. The van der Waals surface area contributed by atoms with Crippen molar-refractivity contribution in [2.75, 3.05) is 6.61 Å². The second kappa shape index (κ2) is 11.1. The van der Waals surface area contributed by atoms with Crippen molar-refractivity contribution in [1.82, 2.24) is 0 Å². The van der Waals surface area contributed by atoms with Crippen LogP contribution >= 0.6 is 0 Å². The van der Waals surface area contributed by atoms with E-state index >= 15 is 0 Å². The first-order chi connectivity index (χ1) is 13.1. The summed E-state index contributed by atoms with van der Waals surface area (Å²) in [4.78, 5) is 12.2. The third-order valence-corrected chi connectivity index (χ3v) is 7.40. The Hall–Kier alpha value is -1.04. The third kappa shape index (κ3) is 5.27. The molecule has 3 rings (SSSR count). The van der Waals surface area contributed by atoms with Crippen molar-refractivity contribution in [3.8, 4) is 6.07 Å². The van der Waals surface area contributed by atoms with Crippen LogP contribution in [0.1, 0.15) is 104 Å². The minimum Gasteiger partial charge on any atom is -0.466 e. The fraction of sp³-hybridized carbons (Fsp3) is 0.917. The smallest absolute Gasteiger partial charge is 0.312 e. The molecule has 3 aliphatic rings. The number of hydrogen-bond donors (Lipinski definition) is 0. The number of fused-ring (bicyclic) bond motifs is 5. The topological polar surface area (TPSA) is 50.1 Å². The van der Waals surface area contributed by atoms with Gasteiger partial charge < -0.3 is 4.74 Å². The molecule has 3 saturated carbocycles. The van der Waals surface area contributed by atoms with E-state index in [1.165, 1.54) is 70.6 Å². The van der Waals surface area contributed by atoms with Gasteiger partial charge in [-0.3, -0.25) is 4.79 Å². The maximum absolute atomic E-state index is 12.2. The molecule has 5 unspecified atom stereocenters. The van der Waals surface area contributed by atoms with Crippen molar-refractivity contribution in [3.05, 3.63) is 0 Å². The van der Waals surface area contributed by atoms with Crippen LogP contribution in [0.5, 0.6) is 0 Å². The summed E-state index contributed by atoms with van der Waals surface area (Å²) in [5, 5.41) is 8.53. The summed E-state index contributed by atoms with van der Waals surface area (Å²) in [6.45, 7) is 6.71. The largest absolute Gasteiger partial charge is 0.466 e. The molecule has 0 radical (unpaired) electrons. The van der Waals surface area contributed by atoms with Crippen molar-refractivity contribution < 1.29 is 9.53 Å². The van der Waals surface area contributed by atoms with Crippen LogP contribution in [-0.2, 0) is 9.53 Å². The van der Waals surface area contributed by atoms with Crippen LogP contribution in [0.2, 0.25) is 0 Å². The molecule has 0 amide bonds. The predicted octanol–water partition coefficient (Wildman–Crippen LogP) is 6.66. The Balaban J connectivity index is 0.000000201. The Labute approximate surface area is 167 Å². The molecule has 3 aliphatic carbocycles. The molecule has 0 N–H and O–H groups in total. The van der Waals surface area contributed by atoms with Crippen molar-refractivity contribution >= 4 is 5.97 Å². The minimum atomic E-state index is -0.0288. The number of carbonyl (C=O) groups is 1. The molecule has 2 bridgehead atoms. The lowest BCUT2D eigenvalue weighted by Gasteiger charge is -2.36. The first-order valence-corrected chi connectivity index (χ1v) is 11.7. The second-order valence-electron chi connectivity index (χ2n) is 9.12. The Morgan fingerprint density at radius 2 is 1.89 bits per heavy atom. The number of nitriles is 1. The van der Waals surface area contributed by atoms with Gasteiger partial charge in [0.1, 0.15) is 0 Å². The van der Waals surface area contributed by atoms with Gasteiger partial charge in [-0.25, -0.2) is 0 Å². The van der Waals surface area contributed by atoms with Crippen molar-refractivity contribution in [2.45, 2.75) is 104 Å². The molecule has 0 aromatic carbocycles. The zero-order chi connectivity index (χ0) is 19.7. The summed E-state index contributed by atoms with van der Waals surface area (Å²) in [7, 11) is 0. The fourth-order valence-corrected chi connectivity index (χ4v) is 6.05. The van der Waals surface area contributed by atoms with Crippen LogP contribution in [0.15, 0.2) is 0 Å². The summed E-state index contributed by atoms with van der Waals surface area (Å²) in [6.07, 6.45) is 16.6. The van der Waals surface area contributed by atoms with E-state index in [9.17, 15) is 4.79 Å². The molecule has 5 atom stereocenters. The minimum absolute atomic E-state index is 0.0288. The lowest BCUT2D eigenvalue weighted by Crippen LogP contribution is -2.41. The molecule has 0 saturated heterocycles. The maximum atomic E-state index is 12.2. The molecule has 3 nitrogen and oxygen atoms in total. The molecule has 0 aromatic heterocycles. The third-order valence-electron chi connectivity index (χ3n) is 7.40. The van der Waals surface area contributed by atoms with E-state index in [2.05, 4.69) is 13.0 Å². The van der Waals surface area contributed by atoms with Crippen molar-refractivity contribution in [2.24, 2.45) is 29.1 Å². The molecular formula is C24H41NO2. The molecule has 0 heterocycles. The summed E-state index contributed by atoms with van der Waals surface area (Å²) >= 11 is 0. The molecule has 0 aromatic rings. The molecule has 154 valence electrons.